The van der Waals surface area contributed by atoms with Crippen LogP contribution in [0.3, 0.4) is 0 Å². The Labute approximate surface area is 123 Å². The highest BCUT2D eigenvalue weighted by Gasteiger charge is 2.20. The summed E-state index contributed by atoms with van der Waals surface area (Å²) in [6.07, 6.45) is 1.35. The van der Waals surface area contributed by atoms with Crippen LogP contribution in [0.25, 0.3) is 0 Å². The summed E-state index contributed by atoms with van der Waals surface area (Å²) in [7, 11) is 3.00. The van der Waals surface area contributed by atoms with Crippen LogP contribution in [0.1, 0.15) is 30.1 Å². The van der Waals surface area contributed by atoms with Gasteiger partial charge in [0.15, 0.2) is 5.84 Å². The van der Waals surface area contributed by atoms with Crippen LogP contribution in [0.5, 0.6) is 11.5 Å². The minimum Gasteiger partial charge on any atom is -0.497 e. The second kappa shape index (κ2) is 7.98. The normalized spacial score (nSPS) is 12.6. The maximum atomic E-state index is 12.3. The van der Waals surface area contributed by atoms with Gasteiger partial charge < -0.3 is 25.7 Å². The summed E-state index contributed by atoms with van der Waals surface area (Å²) >= 11 is 0. The van der Waals surface area contributed by atoms with E-state index in [0.717, 1.165) is 6.42 Å². The smallest absolute Gasteiger partial charge is 0.255 e. The minimum absolute atomic E-state index is 0.0299. The fraction of sp³-hybridized carbons (Fsp3) is 0.429. The van der Waals surface area contributed by atoms with Gasteiger partial charge in [0, 0.05) is 6.07 Å². The number of nitrogens with zero attached hydrogens (tertiary/aromatic N) is 1. The van der Waals surface area contributed by atoms with Crippen LogP contribution >= 0.6 is 0 Å². The van der Waals surface area contributed by atoms with Gasteiger partial charge in [-0.05, 0) is 18.6 Å². The fourth-order valence-electron chi connectivity index (χ4n) is 1.87. The molecule has 0 aliphatic rings. The van der Waals surface area contributed by atoms with E-state index in [2.05, 4.69) is 10.5 Å². The van der Waals surface area contributed by atoms with E-state index in [9.17, 15) is 4.79 Å². The second-order valence-corrected chi connectivity index (χ2v) is 4.41. The van der Waals surface area contributed by atoms with Crippen molar-refractivity contribution in [3.8, 4) is 11.5 Å². The molecule has 1 aromatic carbocycles. The zero-order valence-corrected chi connectivity index (χ0v) is 12.4. The van der Waals surface area contributed by atoms with Crippen molar-refractivity contribution in [2.45, 2.75) is 25.8 Å². The standard InChI is InChI=1S/C14H21N3O4/c1-4-5-11(13(15)17-19)16-14(18)10-7-6-9(20-2)8-12(10)21-3/h6-8,11,19H,4-5H2,1-3H3,(H2,15,17)(H,16,18). The van der Waals surface area contributed by atoms with Gasteiger partial charge in [-0.1, -0.05) is 18.5 Å². The maximum absolute atomic E-state index is 12.3. The van der Waals surface area contributed by atoms with E-state index in [4.69, 9.17) is 20.4 Å². The Morgan fingerprint density at radius 1 is 1.43 bits per heavy atom. The molecule has 0 aliphatic carbocycles. The zero-order valence-electron chi connectivity index (χ0n) is 12.4. The van der Waals surface area contributed by atoms with Gasteiger partial charge in [-0.2, -0.15) is 0 Å². The summed E-state index contributed by atoms with van der Waals surface area (Å²) in [5.41, 5.74) is 5.93. The molecule has 7 nitrogen and oxygen atoms in total. The molecule has 0 saturated heterocycles. The third-order valence-electron chi connectivity index (χ3n) is 3.01. The lowest BCUT2D eigenvalue weighted by molar-refractivity contribution is 0.0941. The van der Waals surface area contributed by atoms with E-state index in [-0.39, 0.29) is 11.7 Å². The van der Waals surface area contributed by atoms with Crippen molar-refractivity contribution >= 4 is 11.7 Å². The molecule has 116 valence electrons. The molecule has 4 N–H and O–H groups in total. The summed E-state index contributed by atoms with van der Waals surface area (Å²) in [5, 5.41) is 14.4. The largest absolute Gasteiger partial charge is 0.497 e. The number of carbonyl (C=O) groups is 1. The van der Waals surface area contributed by atoms with Crippen molar-refractivity contribution in [1.82, 2.24) is 5.32 Å². The molecule has 1 amide bonds. The first kappa shape index (κ1) is 16.6. The Balaban J connectivity index is 2.97. The number of amides is 1. The predicted molar refractivity (Wildman–Crippen MR) is 79.1 cm³/mol. The van der Waals surface area contributed by atoms with Crippen molar-refractivity contribution in [1.29, 1.82) is 0 Å². The molecule has 1 aromatic rings. The summed E-state index contributed by atoms with van der Waals surface area (Å²) in [5.74, 6) is 0.587. The first-order valence-electron chi connectivity index (χ1n) is 6.57. The SMILES string of the molecule is CCCC(NC(=O)c1ccc(OC)cc1OC)/C(N)=N/O. The first-order valence-corrected chi connectivity index (χ1v) is 6.57. The molecule has 0 aromatic heterocycles. The Morgan fingerprint density at radius 3 is 2.67 bits per heavy atom. The number of methoxy groups -OCH3 is 2. The highest BCUT2D eigenvalue weighted by atomic mass is 16.5. The number of benzene rings is 1. The molecule has 21 heavy (non-hydrogen) atoms. The fourth-order valence-corrected chi connectivity index (χ4v) is 1.87. The maximum Gasteiger partial charge on any atom is 0.255 e. The predicted octanol–water partition coefficient (Wildman–Crippen LogP) is 1.35. The molecule has 1 unspecified atom stereocenters. The number of hydrogen-bond acceptors (Lipinski definition) is 5. The van der Waals surface area contributed by atoms with E-state index in [1.807, 2.05) is 6.92 Å². The van der Waals surface area contributed by atoms with Gasteiger partial charge >= 0.3 is 0 Å². The molecular formula is C14H21N3O4. The number of ether oxygens (including phenoxy) is 2. The molecular weight excluding hydrogens is 274 g/mol. The highest BCUT2D eigenvalue weighted by Crippen LogP contribution is 2.24. The van der Waals surface area contributed by atoms with Crippen molar-refractivity contribution in [2.24, 2.45) is 10.9 Å². The van der Waals surface area contributed by atoms with Gasteiger partial charge in [-0.3, -0.25) is 4.79 Å². The topological polar surface area (TPSA) is 106 Å². The van der Waals surface area contributed by atoms with Crippen LogP contribution in [0.15, 0.2) is 23.4 Å². The number of nitrogens with two attached hydrogens (primary N) is 1. The summed E-state index contributed by atoms with van der Waals surface area (Å²) < 4.78 is 10.3. The lowest BCUT2D eigenvalue weighted by atomic mass is 10.1. The van der Waals surface area contributed by atoms with Crippen molar-refractivity contribution < 1.29 is 19.5 Å². The van der Waals surface area contributed by atoms with Gasteiger partial charge in [0.05, 0.1) is 25.8 Å². The van der Waals surface area contributed by atoms with Crippen LogP contribution < -0.4 is 20.5 Å². The summed E-state index contributed by atoms with van der Waals surface area (Å²) in [4.78, 5) is 12.3. The average molecular weight is 295 g/mol. The molecule has 0 bridgehead atoms. The van der Waals surface area contributed by atoms with E-state index in [1.54, 1.807) is 18.2 Å². The van der Waals surface area contributed by atoms with Gasteiger partial charge in [-0.25, -0.2) is 0 Å². The van der Waals surface area contributed by atoms with Crippen molar-refractivity contribution in [3.05, 3.63) is 23.8 Å². The Hall–Kier alpha value is -2.44. The molecule has 1 atom stereocenters. The number of oxime groups is 1. The third kappa shape index (κ3) is 4.27. The van der Waals surface area contributed by atoms with Crippen LogP contribution in [0, 0.1) is 0 Å². The average Bonchev–Trinajstić information content (AvgIpc) is 2.52. The summed E-state index contributed by atoms with van der Waals surface area (Å²) in [6, 6.07) is 4.35. The van der Waals surface area contributed by atoms with Gasteiger partial charge in [-0.15, -0.1) is 0 Å². The first-order chi connectivity index (χ1) is 10.1. The highest BCUT2D eigenvalue weighted by molar-refractivity contribution is 6.00. The van der Waals surface area contributed by atoms with E-state index >= 15 is 0 Å². The van der Waals surface area contributed by atoms with Gasteiger partial charge in [0.25, 0.3) is 5.91 Å². The second-order valence-electron chi connectivity index (χ2n) is 4.41. The molecule has 0 fully saturated rings. The molecule has 1 rings (SSSR count). The van der Waals surface area contributed by atoms with Crippen molar-refractivity contribution in [2.75, 3.05) is 14.2 Å². The monoisotopic (exact) mass is 295 g/mol. The Bertz CT molecular complexity index is 517. The number of hydrogen-bond donors (Lipinski definition) is 3. The van der Waals surface area contributed by atoms with Crippen molar-refractivity contribution in [3.63, 3.8) is 0 Å². The molecule has 0 radical (unpaired) electrons. The quantitative estimate of drug-likeness (QED) is 0.305. The summed E-state index contributed by atoms with van der Waals surface area (Å²) in [6.45, 7) is 1.94. The van der Waals surface area contributed by atoms with Gasteiger partial charge in [0.1, 0.15) is 11.5 Å². The number of nitrogens with one attached hydrogen (secondary N) is 1. The lowest BCUT2D eigenvalue weighted by Crippen LogP contribution is -2.44. The van der Waals surface area contributed by atoms with Crippen LogP contribution in [0.4, 0.5) is 0 Å². The molecule has 0 spiro atoms. The zero-order chi connectivity index (χ0) is 15.8. The number of rotatable bonds is 7. The van der Waals surface area contributed by atoms with E-state index in [0.29, 0.717) is 23.5 Å². The van der Waals surface area contributed by atoms with E-state index in [1.165, 1.54) is 14.2 Å². The Kier molecular flexibility index (Phi) is 6.32. The molecule has 0 heterocycles. The third-order valence-corrected chi connectivity index (χ3v) is 3.01. The van der Waals surface area contributed by atoms with Crippen LogP contribution in [0.2, 0.25) is 0 Å². The lowest BCUT2D eigenvalue weighted by Gasteiger charge is -2.17. The van der Waals surface area contributed by atoms with Gasteiger partial charge in [0.2, 0.25) is 0 Å². The molecule has 0 saturated carbocycles. The number of carbonyl (C=O) groups excluding carboxylic acids is 1. The van der Waals surface area contributed by atoms with Crippen LogP contribution in [-0.4, -0.2) is 37.2 Å². The van der Waals surface area contributed by atoms with E-state index < -0.39 is 6.04 Å². The number of amidine groups is 1. The Morgan fingerprint density at radius 2 is 2.14 bits per heavy atom. The van der Waals surface area contributed by atoms with Crippen LogP contribution in [-0.2, 0) is 0 Å². The minimum atomic E-state index is -0.528. The molecule has 7 heteroatoms. The molecule has 0 aliphatic heterocycles.